The number of aryl methyl sites for hydroxylation is 1. The van der Waals surface area contributed by atoms with Gasteiger partial charge in [-0.05, 0) is 43.7 Å². The highest BCUT2D eigenvalue weighted by Gasteiger charge is 2.36. The summed E-state index contributed by atoms with van der Waals surface area (Å²) in [5.74, 6) is 1.25. The first-order chi connectivity index (χ1) is 11.7. The standard InChI is InChI=1S/C19H20N4O/c20-19(10-3-4-11-19)18-22-17(24-23-18)16-12-6-1-2-8-14(12)21-15-9-5-7-13(15)16/h1-2,6,8H,3-5,7,9-11,20H2. The minimum Gasteiger partial charge on any atom is -0.334 e. The molecule has 2 heterocycles. The van der Waals surface area contributed by atoms with Crippen molar-refractivity contribution in [1.29, 1.82) is 0 Å². The molecule has 122 valence electrons. The molecule has 1 aromatic carbocycles. The van der Waals surface area contributed by atoms with Gasteiger partial charge in [-0.15, -0.1) is 0 Å². The van der Waals surface area contributed by atoms with Crippen LogP contribution in [0.2, 0.25) is 0 Å². The van der Waals surface area contributed by atoms with Gasteiger partial charge in [0.25, 0.3) is 5.89 Å². The van der Waals surface area contributed by atoms with E-state index < -0.39 is 5.54 Å². The smallest absolute Gasteiger partial charge is 0.259 e. The molecule has 2 N–H and O–H groups in total. The molecule has 24 heavy (non-hydrogen) atoms. The number of benzene rings is 1. The second-order valence-corrected chi connectivity index (χ2v) is 7.07. The predicted molar refractivity (Wildman–Crippen MR) is 91.4 cm³/mol. The number of nitrogens with two attached hydrogens (primary N) is 1. The number of rotatable bonds is 2. The number of hydrogen-bond donors (Lipinski definition) is 1. The number of pyridine rings is 1. The van der Waals surface area contributed by atoms with E-state index in [1.54, 1.807) is 0 Å². The predicted octanol–water partition coefficient (Wildman–Crippen LogP) is 3.50. The van der Waals surface area contributed by atoms with Crippen molar-refractivity contribution >= 4 is 10.9 Å². The SMILES string of the molecule is NC1(c2noc(-c3c4c(nc5ccccc35)CCC4)n2)CCCC1. The van der Waals surface area contributed by atoms with Crippen LogP contribution in [-0.4, -0.2) is 15.1 Å². The fourth-order valence-electron chi connectivity index (χ4n) is 4.21. The van der Waals surface area contributed by atoms with Gasteiger partial charge in [0.15, 0.2) is 5.82 Å². The van der Waals surface area contributed by atoms with Crippen molar-refractivity contribution in [2.24, 2.45) is 5.73 Å². The highest BCUT2D eigenvalue weighted by Crippen LogP contribution is 2.39. The lowest BCUT2D eigenvalue weighted by molar-refractivity contribution is 0.372. The Bertz CT molecular complexity index is 924. The first-order valence-corrected chi connectivity index (χ1v) is 8.78. The van der Waals surface area contributed by atoms with E-state index in [9.17, 15) is 0 Å². The van der Waals surface area contributed by atoms with Gasteiger partial charge in [-0.2, -0.15) is 4.98 Å². The van der Waals surface area contributed by atoms with Gasteiger partial charge < -0.3 is 10.3 Å². The third-order valence-electron chi connectivity index (χ3n) is 5.50. The Hall–Kier alpha value is -2.27. The Morgan fingerprint density at radius 2 is 1.83 bits per heavy atom. The molecule has 0 aliphatic heterocycles. The Labute approximate surface area is 140 Å². The minimum absolute atomic E-state index is 0.423. The molecule has 0 spiro atoms. The molecule has 1 fully saturated rings. The third-order valence-corrected chi connectivity index (χ3v) is 5.50. The van der Waals surface area contributed by atoms with Crippen molar-refractivity contribution in [1.82, 2.24) is 15.1 Å². The van der Waals surface area contributed by atoms with Gasteiger partial charge >= 0.3 is 0 Å². The molecule has 2 aliphatic carbocycles. The molecular weight excluding hydrogens is 300 g/mol. The van der Waals surface area contributed by atoms with Crippen molar-refractivity contribution in [3.63, 3.8) is 0 Å². The molecule has 5 rings (SSSR count). The van der Waals surface area contributed by atoms with E-state index in [0.29, 0.717) is 11.7 Å². The quantitative estimate of drug-likeness (QED) is 0.782. The van der Waals surface area contributed by atoms with Crippen LogP contribution in [-0.2, 0) is 18.4 Å². The number of fused-ring (bicyclic) bond motifs is 2. The van der Waals surface area contributed by atoms with Crippen LogP contribution < -0.4 is 5.73 Å². The summed E-state index contributed by atoms with van der Waals surface area (Å²) in [4.78, 5) is 9.56. The Kier molecular flexibility index (Phi) is 3.00. The van der Waals surface area contributed by atoms with Crippen molar-refractivity contribution in [2.45, 2.75) is 50.5 Å². The van der Waals surface area contributed by atoms with E-state index in [1.807, 2.05) is 12.1 Å². The summed E-state index contributed by atoms with van der Waals surface area (Å²) in [5.41, 5.74) is 10.6. The largest absolute Gasteiger partial charge is 0.334 e. The maximum atomic E-state index is 6.50. The van der Waals surface area contributed by atoms with Gasteiger partial charge in [0, 0.05) is 11.1 Å². The van der Waals surface area contributed by atoms with Crippen molar-refractivity contribution in [2.75, 3.05) is 0 Å². The molecular formula is C19H20N4O. The fourth-order valence-corrected chi connectivity index (χ4v) is 4.21. The average Bonchev–Trinajstić information content (AvgIpc) is 3.33. The number of hydrogen-bond acceptors (Lipinski definition) is 5. The zero-order valence-electron chi connectivity index (χ0n) is 13.6. The van der Waals surface area contributed by atoms with E-state index in [1.165, 1.54) is 11.3 Å². The molecule has 0 amide bonds. The number of aromatic nitrogens is 3. The summed E-state index contributed by atoms with van der Waals surface area (Å²) in [6.07, 6.45) is 7.31. The Morgan fingerprint density at radius 3 is 2.71 bits per heavy atom. The molecule has 5 nitrogen and oxygen atoms in total. The summed E-state index contributed by atoms with van der Waals surface area (Å²) in [6, 6.07) is 8.20. The summed E-state index contributed by atoms with van der Waals surface area (Å²) in [6.45, 7) is 0. The first-order valence-electron chi connectivity index (χ1n) is 8.78. The summed E-state index contributed by atoms with van der Waals surface area (Å²) < 4.78 is 5.69. The van der Waals surface area contributed by atoms with E-state index in [4.69, 9.17) is 20.2 Å². The molecule has 0 radical (unpaired) electrons. The van der Waals surface area contributed by atoms with E-state index in [0.717, 1.165) is 61.4 Å². The molecule has 0 atom stereocenters. The highest BCUT2D eigenvalue weighted by atomic mass is 16.5. The lowest BCUT2D eigenvalue weighted by Gasteiger charge is -2.17. The maximum Gasteiger partial charge on any atom is 0.259 e. The van der Waals surface area contributed by atoms with Crippen LogP contribution in [0.1, 0.15) is 49.2 Å². The van der Waals surface area contributed by atoms with Crippen LogP contribution in [0.4, 0.5) is 0 Å². The lowest BCUT2D eigenvalue weighted by Crippen LogP contribution is -2.34. The second kappa shape index (κ2) is 5.11. The lowest BCUT2D eigenvalue weighted by atomic mass is 9.98. The molecule has 0 bridgehead atoms. The zero-order valence-corrected chi connectivity index (χ0v) is 13.6. The minimum atomic E-state index is -0.423. The summed E-state index contributed by atoms with van der Waals surface area (Å²) >= 11 is 0. The number of para-hydroxylation sites is 1. The van der Waals surface area contributed by atoms with Gasteiger partial charge in [0.1, 0.15) is 0 Å². The van der Waals surface area contributed by atoms with E-state index in [-0.39, 0.29) is 0 Å². The molecule has 3 aromatic rings. The third kappa shape index (κ3) is 2.01. The molecule has 0 saturated heterocycles. The topological polar surface area (TPSA) is 77.8 Å². The van der Waals surface area contributed by atoms with Gasteiger partial charge in [-0.3, -0.25) is 4.98 Å². The fraction of sp³-hybridized carbons (Fsp3) is 0.421. The molecule has 2 aromatic heterocycles. The van der Waals surface area contributed by atoms with Crippen LogP contribution >= 0.6 is 0 Å². The molecule has 5 heteroatoms. The van der Waals surface area contributed by atoms with Crippen molar-refractivity contribution < 1.29 is 4.52 Å². The highest BCUT2D eigenvalue weighted by molar-refractivity contribution is 5.94. The van der Waals surface area contributed by atoms with E-state index >= 15 is 0 Å². The Balaban J connectivity index is 1.71. The van der Waals surface area contributed by atoms with Crippen LogP contribution in [0.15, 0.2) is 28.8 Å². The maximum absolute atomic E-state index is 6.50. The van der Waals surface area contributed by atoms with Crippen LogP contribution in [0.25, 0.3) is 22.4 Å². The zero-order chi connectivity index (χ0) is 16.1. The van der Waals surface area contributed by atoms with Crippen molar-refractivity contribution in [3.8, 4) is 11.5 Å². The van der Waals surface area contributed by atoms with Crippen LogP contribution in [0, 0.1) is 0 Å². The monoisotopic (exact) mass is 320 g/mol. The van der Waals surface area contributed by atoms with E-state index in [2.05, 4.69) is 17.3 Å². The van der Waals surface area contributed by atoms with Gasteiger partial charge in [-0.25, -0.2) is 0 Å². The summed E-state index contributed by atoms with van der Waals surface area (Å²) in [5, 5.41) is 5.34. The second-order valence-electron chi connectivity index (χ2n) is 7.07. The average molecular weight is 320 g/mol. The first kappa shape index (κ1) is 14.1. The van der Waals surface area contributed by atoms with Crippen molar-refractivity contribution in [3.05, 3.63) is 41.3 Å². The number of nitrogens with zero attached hydrogens (tertiary/aromatic N) is 3. The van der Waals surface area contributed by atoms with Gasteiger partial charge in [-0.1, -0.05) is 36.2 Å². The molecule has 1 saturated carbocycles. The van der Waals surface area contributed by atoms with Gasteiger partial charge in [0.2, 0.25) is 0 Å². The van der Waals surface area contributed by atoms with Gasteiger partial charge in [0.05, 0.1) is 16.6 Å². The molecule has 2 aliphatic rings. The normalized spacial score (nSPS) is 19.0. The Morgan fingerprint density at radius 1 is 1.00 bits per heavy atom. The molecule has 0 unspecified atom stereocenters. The summed E-state index contributed by atoms with van der Waals surface area (Å²) in [7, 11) is 0. The van der Waals surface area contributed by atoms with Crippen LogP contribution in [0.3, 0.4) is 0 Å². The van der Waals surface area contributed by atoms with Crippen LogP contribution in [0.5, 0.6) is 0 Å².